The van der Waals surface area contributed by atoms with Crippen LogP contribution in [-0.4, -0.2) is 18.0 Å². The van der Waals surface area contributed by atoms with Crippen molar-refractivity contribution < 1.29 is 9.53 Å². The number of benzene rings is 2. The van der Waals surface area contributed by atoms with Gasteiger partial charge in [-0.25, -0.2) is 4.98 Å². The summed E-state index contributed by atoms with van der Waals surface area (Å²) in [4.78, 5) is 19.5. The number of hydrogen-bond acceptors (Lipinski definition) is 4. The van der Waals surface area contributed by atoms with E-state index < -0.39 is 0 Å². The Morgan fingerprint density at radius 3 is 2.42 bits per heavy atom. The molecule has 0 N–H and O–H groups in total. The molecule has 2 aromatic carbocycles. The van der Waals surface area contributed by atoms with Crippen LogP contribution in [0.2, 0.25) is 0 Å². The van der Waals surface area contributed by atoms with E-state index in [0.717, 1.165) is 27.9 Å². The van der Waals surface area contributed by atoms with Crippen LogP contribution in [0.1, 0.15) is 65.1 Å². The molecule has 3 aromatic rings. The van der Waals surface area contributed by atoms with E-state index in [2.05, 4.69) is 36.2 Å². The molecule has 1 amide bonds. The Balaban J connectivity index is 1.58. The van der Waals surface area contributed by atoms with Crippen molar-refractivity contribution in [2.45, 2.75) is 52.0 Å². The molecule has 1 aliphatic carbocycles. The number of anilines is 1. The average Bonchev–Trinajstić information content (AvgIpc) is 3.55. The van der Waals surface area contributed by atoms with Crippen molar-refractivity contribution in [2.24, 2.45) is 5.92 Å². The SMILES string of the molecule is CCCC(c1ccc(CN(C(=O)c2csc(C)n2)c2ccc(OC)cc2)cc1)C1CC1. The summed E-state index contributed by atoms with van der Waals surface area (Å²) in [6.07, 6.45) is 5.19. The van der Waals surface area contributed by atoms with E-state index in [-0.39, 0.29) is 5.91 Å². The molecule has 4 nitrogen and oxygen atoms in total. The number of amides is 1. The van der Waals surface area contributed by atoms with Crippen LogP contribution in [0.15, 0.2) is 53.9 Å². The Morgan fingerprint density at radius 1 is 1.16 bits per heavy atom. The maximum absolute atomic E-state index is 13.3. The van der Waals surface area contributed by atoms with Crippen molar-refractivity contribution in [1.29, 1.82) is 0 Å². The minimum absolute atomic E-state index is 0.0829. The van der Waals surface area contributed by atoms with Gasteiger partial charge in [-0.3, -0.25) is 4.79 Å². The predicted molar refractivity (Wildman–Crippen MR) is 127 cm³/mol. The molecule has 1 saturated carbocycles. The first kappa shape index (κ1) is 21.6. The summed E-state index contributed by atoms with van der Waals surface area (Å²) in [6, 6.07) is 16.5. The predicted octanol–water partition coefficient (Wildman–Crippen LogP) is 6.60. The number of aryl methyl sites for hydroxylation is 1. The van der Waals surface area contributed by atoms with Gasteiger partial charge in [0.05, 0.1) is 18.7 Å². The van der Waals surface area contributed by atoms with Gasteiger partial charge >= 0.3 is 0 Å². The molecule has 0 aliphatic heterocycles. The van der Waals surface area contributed by atoms with Gasteiger partial charge in [0, 0.05) is 11.1 Å². The largest absolute Gasteiger partial charge is 0.497 e. The molecule has 0 saturated heterocycles. The molecule has 5 heteroatoms. The summed E-state index contributed by atoms with van der Waals surface area (Å²) in [6.45, 7) is 4.69. The highest BCUT2D eigenvalue weighted by atomic mass is 32.1. The van der Waals surface area contributed by atoms with Gasteiger partial charge in [-0.05, 0) is 73.4 Å². The number of thiazole rings is 1. The number of rotatable bonds is 9. The van der Waals surface area contributed by atoms with Gasteiger partial charge in [-0.1, -0.05) is 37.6 Å². The fourth-order valence-corrected chi connectivity index (χ4v) is 4.77. The lowest BCUT2D eigenvalue weighted by Crippen LogP contribution is -2.30. The van der Waals surface area contributed by atoms with Gasteiger partial charge < -0.3 is 9.64 Å². The summed E-state index contributed by atoms with van der Waals surface area (Å²) >= 11 is 1.50. The molecule has 31 heavy (non-hydrogen) atoms. The quantitative estimate of drug-likeness (QED) is 0.381. The summed E-state index contributed by atoms with van der Waals surface area (Å²) in [5, 5.41) is 2.73. The van der Waals surface area contributed by atoms with E-state index in [4.69, 9.17) is 4.74 Å². The van der Waals surface area contributed by atoms with Crippen LogP contribution in [-0.2, 0) is 6.54 Å². The molecule has 1 fully saturated rings. The first-order chi connectivity index (χ1) is 15.1. The standard InChI is InChI=1S/C26H30N2O2S/c1-4-5-24(21-10-11-21)20-8-6-19(7-9-20)16-28(22-12-14-23(30-3)15-13-22)26(29)25-17-31-18(2)27-25/h6-9,12-15,17,21,24H,4-5,10-11,16H2,1-3H3. The molecule has 1 unspecified atom stereocenters. The third kappa shape index (κ3) is 5.16. The molecule has 0 spiro atoms. The molecule has 162 valence electrons. The number of aromatic nitrogens is 1. The first-order valence-corrected chi connectivity index (χ1v) is 11.9. The molecule has 1 aromatic heterocycles. The van der Waals surface area contributed by atoms with E-state index in [1.165, 1.54) is 42.6 Å². The maximum atomic E-state index is 13.3. The van der Waals surface area contributed by atoms with Gasteiger partial charge in [0.1, 0.15) is 11.4 Å². The molecule has 1 aliphatic rings. The van der Waals surface area contributed by atoms with Gasteiger partial charge in [0.15, 0.2) is 0 Å². The number of carbonyl (C=O) groups is 1. The lowest BCUT2D eigenvalue weighted by Gasteiger charge is -2.23. The fraction of sp³-hybridized carbons (Fsp3) is 0.385. The van der Waals surface area contributed by atoms with Gasteiger partial charge in [0.25, 0.3) is 5.91 Å². The average molecular weight is 435 g/mol. The topological polar surface area (TPSA) is 42.4 Å². The van der Waals surface area contributed by atoms with Gasteiger partial charge in [-0.2, -0.15) is 0 Å². The number of ether oxygens (including phenoxy) is 1. The Labute approximate surface area is 188 Å². The second kappa shape index (κ2) is 9.65. The molecule has 1 atom stereocenters. The van der Waals surface area contributed by atoms with Crippen molar-refractivity contribution in [3.63, 3.8) is 0 Å². The maximum Gasteiger partial charge on any atom is 0.278 e. The van der Waals surface area contributed by atoms with Crippen LogP contribution < -0.4 is 9.64 Å². The van der Waals surface area contributed by atoms with Crippen LogP contribution in [0.3, 0.4) is 0 Å². The van der Waals surface area contributed by atoms with Crippen molar-refractivity contribution in [2.75, 3.05) is 12.0 Å². The van der Waals surface area contributed by atoms with Crippen LogP contribution in [0.4, 0.5) is 5.69 Å². The van der Waals surface area contributed by atoms with Gasteiger partial charge in [-0.15, -0.1) is 11.3 Å². The summed E-state index contributed by atoms with van der Waals surface area (Å²) in [5.74, 6) is 2.22. The van der Waals surface area contributed by atoms with Crippen LogP contribution in [0.25, 0.3) is 0 Å². The number of carbonyl (C=O) groups excluding carboxylic acids is 1. The summed E-state index contributed by atoms with van der Waals surface area (Å²) in [7, 11) is 1.64. The van der Waals surface area contributed by atoms with E-state index in [1.54, 1.807) is 12.0 Å². The minimum atomic E-state index is -0.0829. The second-order valence-corrected chi connectivity index (χ2v) is 9.38. The van der Waals surface area contributed by atoms with E-state index in [9.17, 15) is 4.79 Å². The Morgan fingerprint density at radius 2 is 1.87 bits per heavy atom. The lowest BCUT2D eigenvalue weighted by molar-refractivity contribution is 0.0981. The molecule has 0 radical (unpaired) electrons. The molecular formula is C26H30N2O2S. The summed E-state index contributed by atoms with van der Waals surface area (Å²) < 4.78 is 5.28. The molecule has 1 heterocycles. The van der Waals surface area contributed by atoms with Crippen LogP contribution >= 0.6 is 11.3 Å². The van der Waals surface area contributed by atoms with Crippen molar-refractivity contribution >= 4 is 22.9 Å². The minimum Gasteiger partial charge on any atom is -0.497 e. The Hall–Kier alpha value is -2.66. The highest BCUT2D eigenvalue weighted by Crippen LogP contribution is 2.45. The Bertz CT molecular complexity index is 1010. The lowest BCUT2D eigenvalue weighted by atomic mass is 9.89. The van der Waals surface area contributed by atoms with Crippen molar-refractivity contribution in [1.82, 2.24) is 4.98 Å². The highest BCUT2D eigenvalue weighted by molar-refractivity contribution is 7.09. The summed E-state index contributed by atoms with van der Waals surface area (Å²) in [5.41, 5.74) is 3.88. The van der Waals surface area contributed by atoms with Gasteiger partial charge in [0.2, 0.25) is 0 Å². The second-order valence-electron chi connectivity index (χ2n) is 8.32. The number of nitrogens with zero attached hydrogens (tertiary/aromatic N) is 2. The fourth-order valence-electron chi connectivity index (χ4n) is 4.18. The van der Waals surface area contributed by atoms with Crippen LogP contribution in [0, 0.1) is 12.8 Å². The Kier molecular flexibility index (Phi) is 6.71. The molecule has 0 bridgehead atoms. The number of methoxy groups -OCH3 is 1. The molecule has 4 rings (SSSR count). The third-order valence-corrected chi connectivity index (χ3v) is 6.78. The van der Waals surface area contributed by atoms with Crippen LogP contribution in [0.5, 0.6) is 5.75 Å². The highest BCUT2D eigenvalue weighted by Gasteiger charge is 2.31. The van der Waals surface area contributed by atoms with Crippen molar-refractivity contribution in [3.8, 4) is 5.75 Å². The van der Waals surface area contributed by atoms with E-state index >= 15 is 0 Å². The third-order valence-electron chi connectivity index (χ3n) is 6.01. The zero-order chi connectivity index (χ0) is 21.8. The number of hydrogen-bond donors (Lipinski definition) is 0. The first-order valence-electron chi connectivity index (χ1n) is 11.1. The van der Waals surface area contributed by atoms with E-state index in [1.807, 2.05) is 36.6 Å². The zero-order valence-electron chi connectivity index (χ0n) is 18.5. The normalized spacial score (nSPS) is 14.3. The smallest absolute Gasteiger partial charge is 0.278 e. The van der Waals surface area contributed by atoms with Crippen molar-refractivity contribution in [3.05, 3.63) is 75.7 Å². The molecular weight excluding hydrogens is 404 g/mol. The zero-order valence-corrected chi connectivity index (χ0v) is 19.3. The van der Waals surface area contributed by atoms with E-state index in [0.29, 0.717) is 18.2 Å². The monoisotopic (exact) mass is 434 g/mol.